The number of hydroxylamine groups is 2. The van der Waals surface area contributed by atoms with E-state index in [9.17, 15) is 4.79 Å². The molecular formula is C32H38N2O3S2. The van der Waals surface area contributed by atoms with Gasteiger partial charge < -0.3 is 4.74 Å². The van der Waals surface area contributed by atoms with E-state index in [-0.39, 0.29) is 29.6 Å². The highest BCUT2D eigenvalue weighted by Gasteiger charge is 2.52. The molecule has 2 aromatic carbocycles. The Bertz CT molecular complexity index is 1200. The van der Waals surface area contributed by atoms with E-state index in [2.05, 4.69) is 62.2 Å². The molecule has 2 fully saturated rings. The number of carbonyl (C=O) groups is 1. The SMILES string of the molecule is CC(C)(C)ON1CC(C(OC(=O)c2ccccc2)C2(c3ccccn3)SCCCS2)CCC1c1ccccc1. The van der Waals surface area contributed by atoms with Crippen LogP contribution in [-0.2, 0) is 13.7 Å². The molecule has 39 heavy (non-hydrogen) atoms. The molecule has 0 bridgehead atoms. The maximum absolute atomic E-state index is 13.6. The molecule has 0 radical (unpaired) electrons. The van der Waals surface area contributed by atoms with Gasteiger partial charge in [-0.3, -0.25) is 9.82 Å². The predicted molar refractivity (Wildman–Crippen MR) is 161 cm³/mol. The molecule has 0 amide bonds. The number of carbonyl (C=O) groups excluding carboxylic acids is 1. The fraction of sp³-hybridized carbons (Fsp3) is 0.438. The van der Waals surface area contributed by atoms with Gasteiger partial charge in [0.25, 0.3) is 0 Å². The molecule has 1 aromatic heterocycles. The molecule has 0 aliphatic carbocycles. The highest BCUT2D eigenvalue weighted by Crippen LogP contribution is 2.56. The number of nitrogens with zero attached hydrogens (tertiary/aromatic N) is 2. The van der Waals surface area contributed by atoms with Gasteiger partial charge in [0.1, 0.15) is 10.2 Å². The fourth-order valence-corrected chi connectivity index (χ4v) is 9.04. The lowest BCUT2D eigenvalue weighted by Crippen LogP contribution is -2.52. The van der Waals surface area contributed by atoms with Crippen molar-refractivity contribution in [1.29, 1.82) is 0 Å². The predicted octanol–water partition coefficient (Wildman–Crippen LogP) is 7.51. The number of esters is 1. The summed E-state index contributed by atoms with van der Waals surface area (Å²) in [4.78, 5) is 25.0. The van der Waals surface area contributed by atoms with Crippen LogP contribution in [0.2, 0.25) is 0 Å². The van der Waals surface area contributed by atoms with E-state index in [0.717, 1.165) is 36.5 Å². The fourth-order valence-electron chi connectivity index (χ4n) is 5.49. The lowest BCUT2D eigenvalue weighted by molar-refractivity contribution is -0.271. The average molecular weight is 563 g/mol. The zero-order chi connectivity index (χ0) is 27.3. The molecule has 3 heterocycles. The van der Waals surface area contributed by atoms with Crippen molar-refractivity contribution in [2.45, 2.75) is 61.9 Å². The highest BCUT2D eigenvalue weighted by atomic mass is 32.2. The van der Waals surface area contributed by atoms with Crippen LogP contribution in [0.1, 0.15) is 67.7 Å². The molecule has 206 valence electrons. The second-order valence-electron chi connectivity index (χ2n) is 11.2. The van der Waals surface area contributed by atoms with Crippen molar-refractivity contribution in [3.8, 4) is 0 Å². The van der Waals surface area contributed by atoms with Gasteiger partial charge in [-0.25, -0.2) is 4.79 Å². The number of hydrogen-bond donors (Lipinski definition) is 0. The van der Waals surface area contributed by atoms with Crippen molar-refractivity contribution in [1.82, 2.24) is 10.0 Å². The number of ether oxygens (including phenoxy) is 1. The maximum Gasteiger partial charge on any atom is 0.338 e. The topological polar surface area (TPSA) is 51.7 Å². The molecule has 2 aliphatic rings. The molecule has 3 aromatic rings. The van der Waals surface area contributed by atoms with E-state index in [4.69, 9.17) is 14.6 Å². The van der Waals surface area contributed by atoms with Gasteiger partial charge in [-0.2, -0.15) is 5.06 Å². The summed E-state index contributed by atoms with van der Waals surface area (Å²) < 4.78 is 6.11. The van der Waals surface area contributed by atoms with Crippen LogP contribution in [-0.4, -0.2) is 45.8 Å². The van der Waals surface area contributed by atoms with Crippen molar-refractivity contribution in [2.24, 2.45) is 5.92 Å². The van der Waals surface area contributed by atoms with Crippen LogP contribution in [0, 0.1) is 5.92 Å². The van der Waals surface area contributed by atoms with Gasteiger partial charge >= 0.3 is 5.97 Å². The van der Waals surface area contributed by atoms with E-state index in [0.29, 0.717) is 12.1 Å². The van der Waals surface area contributed by atoms with Crippen molar-refractivity contribution in [3.63, 3.8) is 0 Å². The summed E-state index contributed by atoms with van der Waals surface area (Å²) >= 11 is 3.76. The lowest BCUT2D eigenvalue weighted by atomic mass is 9.85. The number of benzene rings is 2. The highest BCUT2D eigenvalue weighted by molar-refractivity contribution is 8.18. The van der Waals surface area contributed by atoms with E-state index in [1.54, 1.807) is 0 Å². The number of piperidine rings is 1. The molecule has 0 N–H and O–H groups in total. The van der Waals surface area contributed by atoms with Crippen molar-refractivity contribution < 1.29 is 14.4 Å². The van der Waals surface area contributed by atoms with Gasteiger partial charge in [0, 0.05) is 18.7 Å². The van der Waals surface area contributed by atoms with Crippen LogP contribution in [0.15, 0.2) is 85.1 Å². The molecule has 3 atom stereocenters. The average Bonchev–Trinajstić information content (AvgIpc) is 2.96. The molecule has 3 unspecified atom stereocenters. The second-order valence-corrected chi connectivity index (χ2v) is 14.1. The first-order valence-corrected chi connectivity index (χ1v) is 15.8. The lowest BCUT2D eigenvalue weighted by Gasteiger charge is -2.48. The minimum absolute atomic E-state index is 0.0695. The number of rotatable bonds is 7. The first kappa shape index (κ1) is 28.2. The molecule has 2 saturated heterocycles. The number of hydrogen-bond acceptors (Lipinski definition) is 7. The van der Waals surface area contributed by atoms with Gasteiger partial charge in [0.05, 0.1) is 22.9 Å². The van der Waals surface area contributed by atoms with Crippen molar-refractivity contribution >= 4 is 29.5 Å². The Morgan fingerprint density at radius 2 is 1.62 bits per heavy atom. The van der Waals surface area contributed by atoms with Crippen LogP contribution >= 0.6 is 23.5 Å². The zero-order valence-electron chi connectivity index (χ0n) is 23.0. The van der Waals surface area contributed by atoms with Gasteiger partial charge in [0.2, 0.25) is 0 Å². The van der Waals surface area contributed by atoms with Gasteiger partial charge in [-0.15, -0.1) is 23.5 Å². The van der Waals surface area contributed by atoms with E-state index >= 15 is 0 Å². The monoisotopic (exact) mass is 562 g/mol. The van der Waals surface area contributed by atoms with Gasteiger partial charge in [-0.05, 0) is 81.4 Å². The van der Waals surface area contributed by atoms with Crippen LogP contribution in [0.5, 0.6) is 0 Å². The van der Waals surface area contributed by atoms with Crippen LogP contribution in [0.4, 0.5) is 0 Å². The van der Waals surface area contributed by atoms with E-state index in [1.165, 1.54) is 5.56 Å². The van der Waals surface area contributed by atoms with Crippen LogP contribution in [0.3, 0.4) is 0 Å². The summed E-state index contributed by atoms with van der Waals surface area (Å²) in [5.74, 6) is 1.80. The largest absolute Gasteiger partial charge is 0.456 e. The Kier molecular flexibility index (Phi) is 9.02. The minimum atomic E-state index is -0.485. The number of aromatic nitrogens is 1. The Morgan fingerprint density at radius 3 is 2.26 bits per heavy atom. The standard InChI is InChI=1S/C32H38N2O3S2/c1-31(2,3)37-34-23-26(18-19-27(34)24-13-6-4-7-14-24)29(36-30(35)25-15-8-5-9-16-25)32(38-21-12-22-39-32)28-17-10-11-20-33-28/h4-11,13-17,20,26-27,29H,12,18-19,21-23H2,1-3H3. The number of thioether (sulfide) groups is 2. The Labute approximate surface area is 241 Å². The minimum Gasteiger partial charge on any atom is -0.456 e. The quantitative estimate of drug-likeness (QED) is 0.276. The third-order valence-corrected chi connectivity index (χ3v) is 10.6. The third-order valence-electron chi connectivity index (χ3n) is 7.14. The molecule has 5 rings (SSSR count). The smallest absolute Gasteiger partial charge is 0.338 e. The summed E-state index contributed by atoms with van der Waals surface area (Å²) in [7, 11) is 0. The summed E-state index contributed by atoms with van der Waals surface area (Å²) in [6.45, 7) is 6.94. The number of pyridine rings is 1. The maximum atomic E-state index is 13.6. The summed E-state index contributed by atoms with van der Waals surface area (Å²) in [6.07, 6.45) is 4.44. The van der Waals surface area contributed by atoms with Gasteiger partial charge in [0.15, 0.2) is 0 Å². The summed E-state index contributed by atoms with van der Waals surface area (Å²) in [5.41, 5.74) is 2.45. The normalized spacial score (nSPS) is 22.6. The first-order valence-electron chi connectivity index (χ1n) is 13.8. The molecule has 7 heteroatoms. The summed E-state index contributed by atoms with van der Waals surface area (Å²) in [6, 6.07) is 26.2. The Balaban J connectivity index is 1.53. The zero-order valence-corrected chi connectivity index (χ0v) is 24.6. The van der Waals surface area contributed by atoms with Crippen molar-refractivity contribution in [2.75, 3.05) is 18.1 Å². The molecule has 0 spiro atoms. The summed E-state index contributed by atoms with van der Waals surface area (Å²) in [5, 5.41) is 2.15. The third kappa shape index (κ3) is 6.71. The molecule has 0 saturated carbocycles. The van der Waals surface area contributed by atoms with E-state index < -0.39 is 4.08 Å². The van der Waals surface area contributed by atoms with Gasteiger partial charge in [-0.1, -0.05) is 54.6 Å². The van der Waals surface area contributed by atoms with Crippen LogP contribution in [0.25, 0.3) is 0 Å². The first-order chi connectivity index (χ1) is 18.9. The Hall–Kier alpha value is -2.32. The Morgan fingerprint density at radius 1 is 0.949 bits per heavy atom. The molecular weight excluding hydrogens is 524 g/mol. The van der Waals surface area contributed by atoms with Crippen LogP contribution < -0.4 is 0 Å². The molecule has 5 nitrogen and oxygen atoms in total. The molecule has 2 aliphatic heterocycles. The van der Waals surface area contributed by atoms with E-state index in [1.807, 2.05) is 72.2 Å². The van der Waals surface area contributed by atoms with Crippen molar-refractivity contribution in [3.05, 3.63) is 102 Å². The second kappa shape index (κ2) is 12.5.